The van der Waals surface area contributed by atoms with Crippen LogP contribution in [0.4, 0.5) is 0 Å². The third kappa shape index (κ3) is 3.50. The van der Waals surface area contributed by atoms with E-state index in [-0.39, 0.29) is 11.2 Å². The lowest BCUT2D eigenvalue weighted by Crippen LogP contribution is -2.41. The number of thiophene rings is 1. The average molecular weight is 390 g/mol. The van der Waals surface area contributed by atoms with Crippen LogP contribution in [0.15, 0.2) is 5.03 Å². The van der Waals surface area contributed by atoms with Crippen LogP contribution in [0.25, 0.3) is 10.2 Å². The van der Waals surface area contributed by atoms with Crippen molar-refractivity contribution in [2.75, 3.05) is 13.1 Å². The van der Waals surface area contributed by atoms with Crippen LogP contribution < -0.4 is 0 Å². The van der Waals surface area contributed by atoms with Gasteiger partial charge in [0.15, 0.2) is 0 Å². The SMILES string of the molecule is Cc1nc(S[C@@H](C)C(=O)N2CCC(C)CC2)c2c3c(sc2n1)CCCC3. The number of rotatable bonds is 3. The maximum Gasteiger partial charge on any atom is 0.235 e. The first-order chi connectivity index (χ1) is 12.5. The maximum atomic E-state index is 12.9. The van der Waals surface area contributed by atoms with E-state index in [2.05, 4.69) is 6.92 Å². The fourth-order valence-electron chi connectivity index (χ4n) is 4.01. The summed E-state index contributed by atoms with van der Waals surface area (Å²) in [5.74, 6) is 1.81. The van der Waals surface area contributed by atoms with E-state index in [4.69, 9.17) is 9.97 Å². The Bertz CT molecular complexity index is 824. The normalized spacial score (nSPS) is 19.6. The van der Waals surface area contributed by atoms with Crippen LogP contribution in [-0.2, 0) is 17.6 Å². The fraction of sp³-hybridized carbons (Fsp3) is 0.650. The van der Waals surface area contributed by atoms with E-state index in [1.54, 1.807) is 11.8 Å². The maximum absolute atomic E-state index is 12.9. The summed E-state index contributed by atoms with van der Waals surface area (Å²) in [4.78, 5) is 27.0. The lowest BCUT2D eigenvalue weighted by molar-refractivity contribution is -0.131. The highest BCUT2D eigenvalue weighted by Crippen LogP contribution is 2.40. The third-order valence-corrected chi connectivity index (χ3v) is 7.88. The van der Waals surface area contributed by atoms with Crippen molar-refractivity contribution in [2.45, 2.75) is 69.6 Å². The van der Waals surface area contributed by atoms with Crippen molar-refractivity contribution in [2.24, 2.45) is 5.92 Å². The molecular weight excluding hydrogens is 362 g/mol. The minimum atomic E-state index is -0.0972. The highest BCUT2D eigenvalue weighted by Gasteiger charge is 2.27. The van der Waals surface area contributed by atoms with Crippen LogP contribution in [0.2, 0.25) is 0 Å². The second-order valence-corrected chi connectivity index (χ2v) is 10.1. The van der Waals surface area contributed by atoms with Gasteiger partial charge in [0, 0.05) is 23.4 Å². The molecule has 140 valence electrons. The van der Waals surface area contributed by atoms with Crippen LogP contribution in [0.5, 0.6) is 0 Å². The van der Waals surface area contributed by atoms with Crippen molar-refractivity contribution in [1.29, 1.82) is 0 Å². The van der Waals surface area contributed by atoms with Crippen molar-refractivity contribution >= 4 is 39.2 Å². The third-order valence-electron chi connectivity index (χ3n) is 5.62. The lowest BCUT2D eigenvalue weighted by atomic mass is 9.97. The Labute approximate surface area is 163 Å². The van der Waals surface area contributed by atoms with E-state index in [0.29, 0.717) is 0 Å². The number of thioether (sulfide) groups is 1. The van der Waals surface area contributed by atoms with Gasteiger partial charge in [-0.3, -0.25) is 4.79 Å². The van der Waals surface area contributed by atoms with Gasteiger partial charge < -0.3 is 4.90 Å². The molecule has 6 heteroatoms. The average Bonchev–Trinajstić information content (AvgIpc) is 2.99. The standard InChI is InChI=1S/C20H27N3OS2/c1-12-8-10-23(11-9-12)20(24)13(2)25-18-17-15-6-4-5-7-16(15)26-19(17)22-14(3)21-18/h12-13H,4-11H2,1-3H3/t13-/m0/s1. The van der Waals surface area contributed by atoms with Crippen molar-refractivity contribution in [1.82, 2.24) is 14.9 Å². The number of amides is 1. The fourth-order valence-corrected chi connectivity index (χ4v) is 6.49. The predicted molar refractivity (Wildman–Crippen MR) is 109 cm³/mol. The minimum absolute atomic E-state index is 0.0972. The van der Waals surface area contributed by atoms with Gasteiger partial charge in [-0.15, -0.1) is 11.3 Å². The summed E-state index contributed by atoms with van der Waals surface area (Å²) in [7, 11) is 0. The minimum Gasteiger partial charge on any atom is -0.342 e. The molecule has 0 N–H and O–H groups in total. The quantitative estimate of drug-likeness (QED) is 0.568. The van der Waals surface area contributed by atoms with Gasteiger partial charge in [-0.25, -0.2) is 9.97 Å². The summed E-state index contributed by atoms with van der Waals surface area (Å²) in [6, 6.07) is 0. The molecule has 26 heavy (non-hydrogen) atoms. The van der Waals surface area contributed by atoms with Crippen LogP contribution in [0.3, 0.4) is 0 Å². The number of fused-ring (bicyclic) bond motifs is 3. The van der Waals surface area contributed by atoms with Crippen LogP contribution in [0, 0.1) is 12.8 Å². The molecule has 4 nitrogen and oxygen atoms in total. The van der Waals surface area contributed by atoms with Gasteiger partial charge in [0.25, 0.3) is 0 Å². The van der Waals surface area contributed by atoms with Gasteiger partial charge >= 0.3 is 0 Å². The molecule has 1 atom stereocenters. The molecule has 1 saturated heterocycles. The number of carbonyl (C=O) groups is 1. The molecule has 2 aromatic rings. The predicted octanol–water partition coefficient (Wildman–Crippen LogP) is 4.62. The monoisotopic (exact) mass is 389 g/mol. The molecule has 1 amide bonds. The Morgan fingerprint density at radius 1 is 1.23 bits per heavy atom. The van der Waals surface area contributed by atoms with Gasteiger partial charge in [-0.1, -0.05) is 18.7 Å². The first kappa shape index (κ1) is 18.2. The number of piperidine rings is 1. The van der Waals surface area contributed by atoms with Crippen molar-refractivity contribution in [3.63, 3.8) is 0 Å². The zero-order valence-electron chi connectivity index (χ0n) is 15.9. The summed E-state index contributed by atoms with van der Waals surface area (Å²) < 4.78 is 0. The van der Waals surface area contributed by atoms with E-state index in [1.807, 2.05) is 30.1 Å². The molecule has 0 bridgehead atoms. The molecule has 0 spiro atoms. The summed E-state index contributed by atoms with van der Waals surface area (Å²) >= 11 is 3.46. The van der Waals surface area contributed by atoms with Gasteiger partial charge in [0.1, 0.15) is 15.7 Å². The Morgan fingerprint density at radius 2 is 1.96 bits per heavy atom. The van der Waals surface area contributed by atoms with E-state index in [0.717, 1.165) is 54.0 Å². The van der Waals surface area contributed by atoms with E-state index in [1.165, 1.54) is 35.1 Å². The zero-order valence-corrected chi connectivity index (χ0v) is 17.5. The molecule has 1 aliphatic heterocycles. The molecule has 1 fully saturated rings. The van der Waals surface area contributed by atoms with E-state index >= 15 is 0 Å². The molecular formula is C20H27N3OS2. The largest absolute Gasteiger partial charge is 0.342 e. The molecule has 2 aromatic heterocycles. The summed E-state index contributed by atoms with van der Waals surface area (Å²) in [5.41, 5.74) is 1.45. The summed E-state index contributed by atoms with van der Waals surface area (Å²) in [6.45, 7) is 8.07. The lowest BCUT2D eigenvalue weighted by Gasteiger charge is -2.32. The molecule has 1 aliphatic carbocycles. The summed E-state index contributed by atoms with van der Waals surface area (Å²) in [6.07, 6.45) is 7.06. The Kier molecular flexibility index (Phi) is 5.24. The van der Waals surface area contributed by atoms with Crippen molar-refractivity contribution in [3.8, 4) is 0 Å². The van der Waals surface area contributed by atoms with E-state index < -0.39 is 0 Å². The second kappa shape index (κ2) is 7.47. The number of hydrogen-bond acceptors (Lipinski definition) is 5. The van der Waals surface area contributed by atoms with Crippen molar-refractivity contribution < 1.29 is 4.79 Å². The van der Waals surface area contributed by atoms with Gasteiger partial charge in [-0.2, -0.15) is 0 Å². The first-order valence-electron chi connectivity index (χ1n) is 9.77. The van der Waals surface area contributed by atoms with Crippen LogP contribution >= 0.6 is 23.1 Å². The first-order valence-corrected chi connectivity index (χ1v) is 11.5. The molecule has 2 aliphatic rings. The number of aromatic nitrogens is 2. The van der Waals surface area contributed by atoms with Crippen LogP contribution in [0.1, 0.15) is 55.8 Å². The number of nitrogens with zero attached hydrogens (tertiary/aromatic N) is 3. The summed E-state index contributed by atoms with van der Waals surface area (Å²) in [5, 5.41) is 2.14. The van der Waals surface area contributed by atoms with Crippen molar-refractivity contribution in [3.05, 3.63) is 16.3 Å². The molecule has 0 aromatic carbocycles. The van der Waals surface area contributed by atoms with Crippen LogP contribution in [-0.4, -0.2) is 39.1 Å². The number of hydrogen-bond donors (Lipinski definition) is 0. The van der Waals surface area contributed by atoms with Gasteiger partial charge in [0.2, 0.25) is 5.91 Å². The number of aryl methyl sites for hydroxylation is 3. The highest BCUT2D eigenvalue weighted by molar-refractivity contribution is 8.00. The Hall–Kier alpha value is -1.14. The smallest absolute Gasteiger partial charge is 0.235 e. The molecule has 0 saturated carbocycles. The Balaban J connectivity index is 1.60. The highest BCUT2D eigenvalue weighted by atomic mass is 32.2. The van der Waals surface area contributed by atoms with E-state index in [9.17, 15) is 4.79 Å². The number of likely N-dealkylation sites (tertiary alicyclic amines) is 1. The Morgan fingerprint density at radius 3 is 2.73 bits per heavy atom. The zero-order chi connectivity index (χ0) is 18.3. The molecule has 4 rings (SSSR count). The van der Waals surface area contributed by atoms with Gasteiger partial charge in [-0.05, 0) is 63.9 Å². The van der Waals surface area contributed by atoms with Gasteiger partial charge in [0.05, 0.1) is 5.25 Å². The molecule has 0 unspecified atom stereocenters. The molecule has 3 heterocycles. The second-order valence-electron chi connectivity index (χ2n) is 7.73. The number of carbonyl (C=O) groups excluding carboxylic acids is 1. The topological polar surface area (TPSA) is 46.1 Å². The molecule has 0 radical (unpaired) electrons.